The largest absolute Gasteiger partial charge is 0.365 e. The van der Waals surface area contributed by atoms with Crippen molar-refractivity contribution in [3.05, 3.63) is 0 Å². The molecular weight excluding hydrogens is 214 g/mol. The van der Waals surface area contributed by atoms with Crippen molar-refractivity contribution in [1.29, 1.82) is 0 Å². The molecule has 3 nitrogen and oxygen atoms in total. The van der Waals surface area contributed by atoms with Gasteiger partial charge in [-0.2, -0.15) is 0 Å². The third-order valence-electron chi connectivity index (χ3n) is 2.59. The first kappa shape index (κ1) is 12.8. The van der Waals surface area contributed by atoms with E-state index in [0.717, 1.165) is 19.3 Å². The van der Waals surface area contributed by atoms with E-state index >= 15 is 0 Å². The zero-order valence-corrected chi connectivity index (χ0v) is 10.4. The number of rotatable bonds is 4. The molecule has 1 aliphatic heterocycles. The van der Waals surface area contributed by atoms with Crippen molar-refractivity contribution in [3.8, 4) is 0 Å². The number of halogens is 1. The molecule has 0 aliphatic carbocycles. The summed E-state index contributed by atoms with van der Waals surface area (Å²) in [6.07, 6.45) is 2.54. The molecule has 15 heavy (non-hydrogen) atoms. The van der Waals surface area contributed by atoms with Gasteiger partial charge in [0.15, 0.2) is 0 Å². The Morgan fingerprint density at radius 3 is 2.67 bits per heavy atom. The minimum absolute atomic E-state index is 0.00386. The Bertz CT molecular complexity index is 221. The quantitative estimate of drug-likeness (QED) is 0.755. The van der Waals surface area contributed by atoms with Crippen molar-refractivity contribution < 1.29 is 9.53 Å². The molecule has 4 heteroatoms. The summed E-state index contributed by atoms with van der Waals surface area (Å²) in [7, 11) is 0. The van der Waals surface area contributed by atoms with Gasteiger partial charge < -0.3 is 10.1 Å². The second kappa shape index (κ2) is 5.71. The predicted molar refractivity (Wildman–Crippen MR) is 61.1 cm³/mol. The van der Waals surface area contributed by atoms with Crippen LogP contribution in [0.1, 0.15) is 40.0 Å². The number of carbonyl (C=O) groups excluding carboxylic acids is 1. The molecule has 4 atom stereocenters. The highest BCUT2D eigenvalue weighted by Crippen LogP contribution is 2.19. The van der Waals surface area contributed by atoms with Crippen molar-refractivity contribution in [2.45, 2.75) is 63.7 Å². The summed E-state index contributed by atoms with van der Waals surface area (Å²) in [6, 6.07) is 0.115. The van der Waals surface area contributed by atoms with Gasteiger partial charge in [0.2, 0.25) is 5.91 Å². The highest BCUT2D eigenvalue weighted by Gasteiger charge is 2.28. The van der Waals surface area contributed by atoms with Gasteiger partial charge in [0.05, 0.1) is 6.10 Å². The molecule has 0 aromatic carbocycles. The molecule has 1 aliphatic rings. The predicted octanol–water partition coefficient (Wildman–Crippen LogP) is 2.08. The number of hydrogen-bond acceptors (Lipinski definition) is 2. The van der Waals surface area contributed by atoms with Crippen LogP contribution in [0.15, 0.2) is 0 Å². The van der Waals surface area contributed by atoms with E-state index in [4.69, 9.17) is 16.3 Å². The number of hydrogen-bond donors (Lipinski definition) is 1. The van der Waals surface area contributed by atoms with Gasteiger partial charge >= 0.3 is 0 Å². The third kappa shape index (κ3) is 4.39. The molecular formula is C11H20ClNO2. The number of alkyl halides is 1. The zero-order valence-electron chi connectivity index (χ0n) is 9.63. The third-order valence-corrected chi connectivity index (χ3v) is 2.77. The second-order valence-corrected chi connectivity index (χ2v) is 5.18. The van der Waals surface area contributed by atoms with Crippen LogP contribution in [0.3, 0.4) is 0 Å². The second-order valence-electron chi connectivity index (χ2n) is 4.44. The Morgan fingerprint density at radius 1 is 1.53 bits per heavy atom. The van der Waals surface area contributed by atoms with Crippen LogP contribution in [-0.4, -0.2) is 29.5 Å². The van der Waals surface area contributed by atoms with Crippen molar-refractivity contribution in [3.63, 3.8) is 0 Å². The molecule has 1 heterocycles. The molecule has 0 aromatic heterocycles. The molecule has 0 aromatic rings. The summed E-state index contributed by atoms with van der Waals surface area (Å²) in [5.74, 6) is 0.00386. The Hall–Kier alpha value is -0.280. The van der Waals surface area contributed by atoms with Gasteiger partial charge in [0.1, 0.15) is 6.10 Å². The van der Waals surface area contributed by atoms with Gasteiger partial charge in [0.25, 0.3) is 0 Å². The molecule has 88 valence electrons. The van der Waals surface area contributed by atoms with Crippen LogP contribution in [0.25, 0.3) is 0 Å². The van der Waals surface area contributed by atoms with Crippen LogP contribution >= 0.6 is 11.6 Å². The maximum atomic E-state index is 11.7. The molecule has 1 N–H and O–H groups in total. The van der Waals surface area contributed by atoms with Gasteiger partial charge in [-0.1, -0.05) is 0 Å². The van der Waals surface area contributed by atoms with E-state index in [1.807, 2.05) is 20.8 Å². The van der Waals surface area contributed by atoms with Crippen molar-refractivity contribution in [2.75, 3.05) is 0 Å². The Morgan fingerprint density at radius 2 is 2.20 bits per heavy atom. The van der Waals surface area contributed by atoms with Crippen molar-refractivity contribution in [2.24, 2.45) is 0 Å². The Balaban J connectivity index is 2.29. The maximum absolute atomic E-state index is 11.7. The van der Waals surface area contributed by atoms with Gasteiger partial charge in [-0.25, -0.2) is 0 Å². The summed E-state index contributed by atoms with van der Waals surface area (Å²) < 4.78 is 5.48. The lowest BCUT2D eigenvalue weighted by molar-refractivity contribution is -0.132. The fourth-order valence-electron chi connectivity index (χ4n) is 1.88. The first-order chi connectivity index (χ1) is 6.99. The van der Waals surface area contributed by atoms with E-state index in [1.165, 1.54) is 0 Å². The smallest absolute Gasteiger partial charge is 0.249 e. The number of amides is 1. The molecule has 0 spiro atoms. The van der Waals surface area contributed by atoms with E-state index in [1.54, 1.807) is 0 Å². The van der Waals surface area contributed by atoms with Gasteiger partial charge in [0, 0.05) is 11.4 Å². The van der Waals surface area contributed by atoms with Gasteiger partial charge in [-0.15, -0.1) is 11.6 Å². The topological polar surface area (TPSA) is 38.3 Å². The first-order valence-electron chi connectivity index (χ1n) is 5.59. The monoisotopic (exact) mass is 233 g/mol. The molecule has 4 unspecified atom stereocenters. The van der Waals surface area contributed by atoms with Gasteiger partial charge in [-0.3, -0.25) is 4.79 Å². The van der Waals surface area contributed by atoms with E-state index in [9.17, 15) is 4.79 Å². The van der Waals surface area contributed by atoms with E-state index in [-0.39, 0.29) is 29.5 Å². The van der Waals surface area contributed by atoms with Crippen LogP contribution in [0.4, 0.5) is 0 Å². The van der Waals surface area contributed by atoms with Crippen LogP contribution in [0.5, 0.6) is 0 Å². The lowest BCUT2D eigenvalue weighted by Gasteiger charge is -2.18. The minimum Gasteiger partial charge on any atom is -0.365 e. The number of carbonyl (C=O) groups is 1. The highest BCUT2D eigenvalue weighted by atomic mass is 35.5. The summed E-state index contributed by atoms with van der Waals surface area (Å²) in [5.41, 5.74) is 0. The molecule has 1 saturated heterocycles. The van der Waals surface area contributed by atoms with Gasteiger partial charge in [-0.05, 0) is 40.0 Å². The molecule has 0 bridgehead atoms. The normalized spacial score (nSPS) is 29.9. The van der Waals surface area contributed by atoms with Crippen LogP contribution in [-0.2, 0) is 9.53 Å². The minimum atomic E-state index is -0.256. The van der Waals surface area contributed by atoms with Crippen molar-refractivity contribution >= 4 is 17.5 Å². The lowest BCUT2D eigenvalue weighted by atomic mass is 10.1. The molecule has 1 fully saturated rings. The number of ether oxygens (including phenoxy) is 1. The fraction of sp³-hybridized carbons (Fsp3) is 0.909. The lowest BCUT2D eigenvalue weighted by Crippen LogP contribution is -2.40. The Labute approximate surface area is 96.5 Å². The molecule has 0 radical (unpaired) electrons. The van der Waals surface area contributed by atoms with Crippen LogP contribution in [0.2, 0.25) is 0 Å². The number of nitrogens with one attached hydrogen (secondary N) is 1. The van der Waals surface area contributed by atoms with Crippen LogP contribution < -0.4 is 5.32 Å². The summed E-state index contributed by atoms with van der Waals surface area (Å²) >= 11 is 5.86. The first-order valence-corrected chi connectivity index (χ1v) is 6.02. The average molecular weight is 234 g/mol. The fourth-order valence-corrected chi connectivity index (χ4v) is 2.14. The molecule has 0 saturated carbocycles. The zero-order chi connectivity index (χ0) is 11.4. The summed E-state index contributed by atoms with van der Waals surface area (Å²) in [5, 5.41) is 3.01. The van der Waals surface area contributed by atoms with E-state index < -0.39 is 0 Å². The highest BCUT2D eigenvalue weighted by molar-refractivity contribution is 6.20. The van der Waals surface area contributed by atoms with Crippen molar-refractivity contribution in [1.82, 2.24) is 5.32 Å². The molecule has 1 rings (SSSR count). The average Bonchev–Trinajstić information content (AvgIpc) is 2.49. The SMILES string of the molecule is CC(Cl)CC(C)NC(=O)C1CCC(C)O1. The summed E-state index contributed by atoms with van der Waals surface area (Å²) in [6.45, 7) is 5.89. The van der Waals surface area contributed by atoms with E-state index in [0.29, 0.717) is 0 Å². The standard InChI is InChI=1S/C11H20ClNO2/c1-7(12)6-8(2)13-11(14)10-5-4-9(3)15-10/h7-10H,4-6H2,1-3H3,(H,13,14). The van der Waals surface area contributed by atoms with E-state index in [2.05, 4.69) is 5.32 Å². The summed E-state index contributed by atoms with van der Waals surface area (Å²) in [4.78, 5) is 11.7. The van der Waals surface area contributed by atoms with Crippen LogP contribution in [0, 0.1) is 0 Å². The maximum Gasteiger partial charge on any atom is 0.249 e. The Kier molecular flexibility index (Phi) is 4.87. The molecule has 1 amide bonds.